The van der Waals surface area contributed by atoms with Crippen LogP contribution in [0.4, 0.5) is 4.39 Å². The van der Waals surface area contributed by atoms with Gasteiger partial charge in [-0.15, -0.1) is 0 Å². The summed E-state index contributed by atoms with van der Waals surface area (Å²) in [6, 6.07) is 13.5. The van der Waals surface area contributed by atoms with E-state index < -0.39 is 5.60 Å². The van der Waals surface area contributed by atoms with Crippen LogP contribution < -0.4 is 4.74 Å². The number of ether oxygens (including phenoxy) is 1. The average Bonchev–Trinajstić information content (AvgIpc) is 2.63. The SMILES string of the molecule is Cc1ccccc1CC(=O)N1CCCC(O)(COc2ccc(F)cc2)C1. The van der Waals surface area contributed by atoms with Gasteiger partial charge in [-0.05, 0) is 55.2 Å². The van der Waals surface area contributed by atoms with Crippen molar-refractivity contribution >= 4 is 5.91 Å². The monoisotopic (exact) mass is 357 g/mol. The molecule has 0 bridgehead atoms. The molecule has 0 aliphatic carbocycles. The van der Waals surface area contributed by atoms with E-state index in [4.69, 9.17) is 4.74 Å². The maximum Gasteiger partial charge on any atom is 0.227 e. The number of rotatable bonds is 5. The third-order valence-electron chi connectivity index (χ3n) is 4.83. The van der Waals surface area contributed by atoms with Crippen molar-refractivity contribution in [1.29, 1.82) is 0 Å². The number of piperidine rings is 1. The molecule has 1 amide bonds. The van der Waals surface area contributed by atoms with E-state index in [0.29, 0.717) is 25.1 Å². The molecule has 1 unspecified atom stereocenters. The van der Waals surface area contributed by atoms with Crippen molar-refractivity contribution in [2.45, 2.75) is 31.8 Å². The molecule has 1 atom stereocenters. The van der Waals surface area contributed by atoms with E-state index in [1.54, 1.807) is 4.90 Å². The van der Waals surface area contributed by atoms with Gasteiger partial charge in [-0.3, -0.25) is 4.79 Å². The first-order valence-electron chi connectivity index (χ1n) is 8.88. The van der Waals surface area contributed by atoms with Gasteiger partial charge >= 0.3 is 0 Å². The zero-order valence-corrected chi connectivity index (χ0v) is 15.0. The molecule has 5 heteroatoms. The number of β-amino-alcohol motifs (C(OH)–C–C–N with tert-alkyl or cyclic N) is 1. The van der Waals surface area contributed by atoms with Crippen molar-refractivity contribution in [1.82, 2.24) is 4.90 Å². The minimum absolute atomic E-state index is 0.0132. The van der Waals surface area contributed by atoms with Crippen LogP contribution in [0.5, 0.6) is 5.75 Å². The smallest absolute Gasteiger partial charge is 0.227 e. The molecule has 1 heterocycles. The van der Waals surface area contributed by atoms with Crippen LogP contribution in [-0.2, 0) is 11.2 Å². The number of hydrogen-bond donors (Lipinski definition) is 1. The number of aryl methyl sites for hydroxylation is 1. The fraction of sp³-hybridized carbons (Fsp3) is 0.381. The highest BCUT2D eigenvalue weighted by molar-refractivity contribution is 5.79. The van der Waals surface area contributed by atoms with Crippen LogP contribution in [0.25, 0.3) is 0 Å². The van der Waals surface area contributed by atoms with Crippen molar-refractivity contribution in [3.05, 3.63) is 65.5 Å². The van der Waals surface area contributed by atoms with Crippen molar-refractivity contribution in [2.24, 2.45) is 0 Å². The van der Waals surface area contributed by atoms with E-state index in [2.05, 4.69) is 0 Å². The van der Waals surface area contributed by atoms with Gasteiger partial charge in [0, 0.05) is 6.54 Å². The van der Waals surface area contributed by atoms with Gasteiger partial charge in [0.25, 0.3) is 0 Å². The second-order valence-electron chi connectivity index (χ2n) is 6.99. The van der Waals surface area contributed by atoms with Crippen LogP contribution >= 0.6 is 0 Å². The molecular weight excluding hydrogens is 333 g/mol. The third-order valence-corrected chi connectivity index (χ3v) is 4.83. The van der Waals surface area contributed by atoms with Crippen LogP contribution in [0, 0.1) is 12.7 Å². The molecule has 1 fully saturated rings. The number of halogens is 1. The van der Waals surface area contributed by atoms with Gasteiger partial charge in [-0.1, -0.05) is 24.3 Å². The van der Waals surface area contributed by atoms with E-state index in [1.165, 1.54) is 24.3 Å². The summed E-state index contributed by atoms with van der Waals surface area (Å²) in [5.41, 5.74) is 1.01. The largest absolute Gasteiger partial charge is 0.491 e. The number of carbonyl (C=O) groups excluding carboxylic acids is 1. The fourth-order valence-corrected chi connectivity index (χ4v) is 3.27. The zero-order chi connectivity index (χ0) is 18.6. The van der Waals surface area contributed by atoms with Crippen LogP contribution in [-0.4, -0.2) is 41.2 Å². The summed E-state index contributed by atoms with van der Waals surface area (Å²) in [6.07, 6.45) is 1.63. The highest BCUT2D eigenvalue weighted by Crippen LogP contribution is 2.24. The molecule has 0 saturated carbocycles. The second-order valence-corrected chi connectivity index (χ2v) is 6.99. The maximum absolute atomic E-state index is 13.0. The lowest BCUT2D eigenvalue weighted by atomic mass is 9.93. The minimum Gasteiger partial charge on any atom is -0.491 e. The maximum atomic E-state index is 13.0. The molecule has 1 saturated heterocycles. The Kier molecular flexibility index (Phi) is 5.57. The molecule has 2 aromatic carbocycles. The summed E-state index contributed by atoms with van der Waals surface area (Å²) in [4.78, 5) is 14.4. The Bertz CT molecular complexity index is 762. The molecule has 138 valence electrons. The number of aliphatic hydroxyl groups is 1. The quantitative estimate of drug-likeness (QED) is 0.895. The average molecular weight is 357 g/mol. The van der Waals surface area contributed by atoms with Gasteiger partial charge < -0.3 is 14.7 Å². The Morgan fingerprint density at radius 3 is 2.69 bits per heavy atom. The Hall–Kier alpha value is -2.40. The summed E-state index contributed by atoms with van der Waals surface area (Å²) >= 11 is 0. The van der Waals surface area contributed by atoms with Gasteiger partial charge in [0.05, 0.1) is 13.0 Å². The lowest BCUT2D eigenvalue weighted by molar-refractivity contribution is -0.139. The zero-order valence-electron chi connectivity index (χ0n) is 15.0. The predicted molar refractivity (Wildman–Crippen MR) is 97.5 cm³/mol. The van der Waals surface area contributed by atoms with E-state index in [-0.39, 0.29) is 24.9 Å². The first kappa shape index (κ1) is 18.4. The van der Waals surface area contributed by atoms with E-state index in [1.807, 2.05) is 31.2 Å². The Morgan fingerprint density at radius 1 is 1.23 bits per heavy atom. The third kappa shape index (κ3) is 4.61. The number of carbonyl (C=O) groups is 1. The molecule has 1 aliphatic rings. The minimum atomic E-state index is -1.09. The molecule has 0 aromatic heterocycles. The van der Waals surface area contributed by atoms with E-state index >= 15 is 0 Å². The first-order chi connectivity index (χ1) is 12.5. The topological polar surface area (TPSA) is 49.8 Å². The van der Waals surface area contributed by atoms with Gasteiger partial charge in [0.15, 0.2) is 0 Å². The predicted octanol–water partition coefficient (Wildman–Crippen LogP) is 3.11. The summed E-state index contributed by atoms with van der Waals surface area (Å²) in [7, 11) is 0. The number of amides is 1. The van der Waals surface area contributed by atoms with Crippen LogP contribution in [0.3, 0.4) is 0 Å². The standard InChI is InChI=1S/C21H24FNO3/c1-16-5-2-3-6-17(16)13-20(24)23-12-4-11-21(25,14-23)15-26-19-9-7-18(22)8-10-19/h2-3,5-10,25H,4,11-15H2,1H3. The van der Waals surface area contributed by atoms with Crippen LogP contribution in [0.15, 0.2) is 48.5 Å². The number of nitrogens with zero attached hydrogens (tertiary/aromatic N) is 1. The molecule has 2 aromatic rings. The van der Waals surface area contributed by atoms with Crippen molar-refractivity contribution in [3.63, 3.8) is 0 Å². The number of likely N-dealkylation sites (tertiary alicyclic amines) is 1. The molecule has 4 nitrogen and oxygen atoms in total. The molecule has 0 spiro atoms. The molecule has 1 aliphatic heterocycles. The van der Waals surface area contributed by atoms with Crippen molar-refractivity contribution in [3.8, 4) is 5.75 Å². The highest BCUT2D eigenvalue weighted by atomic mass is 19.1. The second kappa shape index (κ2) is 7.87. The molecule has 1 N–H and O–H groups in total. The molecule has 3 rings (SSSR count). The van der Waals surface area contributed by atoms with Crippen LogP contribution in [0.1, 0.15) is 24.0 Å². The summed E-state index contributed by atoms with van der Waals surface area (Å²) in [6.45, 7) is 2.96. The van der Waals surface area contributed by atoms with Gasteiger partial charge in [0.2, 0.25) is 5.91 Å². The summed E-state index contributed by atoms with van der Waals surface area (Å²) in [5, 5.41) is 10.8. The highest BCUT2D eigenvalue weighted by Gasteiger charge is 2.36. The van der Waals surface area contributed by atoms with Gasteiger partial charge in [-0.2, -0.15) is 0 Å². The number of benzene rings is 2. The molecule has 0 radical (unpaired) electrons. The van der Waals surface area contributed by atoms with Crippen molar-refractivity contribution in [2.75, 3.05) is 19.7 Å². The molecular formula is C21H24FNO3. The fourth-order valence-electron chi connectivity index (χ4n) is 3.27. The van der Waals surface area contributed by atoms with E-state index in [0.717, 1.165) is 17.5 Å². The number of hydrogen-bond acceptors (Lipinski definition) is 3. The van der Waals surface area contributed by atoms with Crippen LogP contribution in [0.2, 0.25) is 0 Å². The molecule has 26 heavy (non-hydrogen) atoms. The lowest BCUT2D eigenvalue weighted by Crippen LogP contribution is -2.53. The van der Waals surface area contributed by atoms with Gasteiger partial charge in [-0.25, -0.2) is 4.39 Å². The van der Waals surface area contributed by atoms with E-state index in [9.17, 15) is 14.3 Å². The summed E-state index contributed by atoms with van der Waals surface area (Å²) < 4.78 is 18.6. The summed E-state index contributed by atoms with van der Waals surface area (Å²) in [5.74, 6) is 0.184. The normalized spacial score (nSPS) is 20.0. The lowest BCUT2D eigenvalue weighted by Gasteiger charge is -2.39. The van der Waals surface area contributed by atoms with Crippen molar-refractivity contribution < 1.29 is 19.0 Å². The van der Waals surface area contributed by atoms with Gasteiger partial charge in [0.1, 0.15) is 23.8 Å². The first-order valence-corrected chi connectivity index (χ1v) is 8.88. The Morgan fingerprint density at radius 2 is 1.96 bits per heavy atom. The Balaban J connectivity index is 1.59. The Labute approximate surface area is 153 Å².